The van der Waals surface area contributed by atoms with Gasteiger partial charge in [-0.1, -0.05) is 6.42 Å². The first-order valence-electron chi connectivity index (χ1n) is 9.99. The van der Waals surface area contributed by atoms with Crippen LogP contribution in [0.5, 0.6) is 0 Å². The third-order valence-electron chi connectivity index (χ3n) is 5.24. The Kier molecular flexibility index (Phi) is 6.73. The fourth-order valence-electron chi connectivity index (χ4n) is 3.95. The van der Waals surface area contributed by atoms with Crippen LogP contribution in [0.1, 0.15) is 38.2 Å². The fourth-order valence-corrected chi connectivity index (χ4v) is 3.95. The van der Waals surface area contributed by atoms with Gasteiger partial charge in [0.05, 0.1) is 19.3 Å². The maximum atomic E-state index is 4.84. The van der Waals surface area contributed by atoms with E-state index in [1.807, 2.05) is 10.9 Å². The molecule has 1 unspecified atom stereocenters. The smallest absolute Gasteiger partial charge is 0.193 e. The van der Waals surface area contributed by atoms with Crippen LogP contribution < -0.4 is 5.32 Å². The monoisotopic (exact) mass is 346 g/mol. The maximum absolute atomic E-state index is 4.84. The summed E-state index contributed by atoms with van der Waals surface area (Å²) in [6.07, 6.45) is 9.45. The second kappa shape index (κ2) is 9.22. The van der Waals surface area contributed by atoms with Gasteiger partial charge in [0.25, 0.3) is 0 Å². The number of nitrogens with zero attached hydrogens (tertiary/aromatic N) is 5. The first kappa shape index (κ1) is 18.2. The Labute approximate surface area is 152 Å². The van der Waals surface area contributed by atoms with Gasteiger partial charge in [-0.25, -0.2) is 0 Å². The zero-order valence-corrected chi connectivity index (χ0v) is 16.0. The zero-order chi connectivity index (χ0) is 17.5. The van der Waals surface area contributed by atoms with Crippen LogP contribution >= 0.6 is 0 Å². The Morgan fingerprint density at radius 2 is 2.12 bits per heavy atom. The molecule has 0 saturated carbocycles. The highest BCUT2D eigenvalue weighted by Gasteiger charge is 2.26. The minimum Gasteiger partial charge on any atom is -0.357 e. The molecule has 1 aromatic rings. The Morgan fingerprint density at radius 1 is 1.28 bits per heavy atom. The quantitative estimate of drug-likeness (QED) is 0.632. The lowest BCUT2D eigenvalue weighted by atomic mass is 10.1. The number of aryl methyl sites for hydroxylation is 1. The largest absolute Gasteiger partial charge is 0.357 e. The fraction of sp³-hybridized carbons (Fsp3) is 0.789. The summed E-state index contributed by atoms with van der Waals surface area (Å²) in [4.78, 5) is 9.96. The van der Waals surface area contributed by atoms with Crippen molar-refractivity contribution < 1.29 is 0 Å². The molecule has 2 aliphatic heterocycles. The highest BCUT2D eigenvalue weighted by Crippen LogP contribution is 2.19. The van der Waals surface area contributed by atoms with E-state index in [2.05, 4.69) is 40.3 Å². The average Bonchev–Trinajstić information content (AvgIpc) is 3.24. The topological polar surface area (TPSA) is 48.7 Å². The third kappa shape index (κ3) is 5.46. The van der Waals surface area contributed by atoms with Crippen molar-refractivity contribution in [2.45, 2.75) is 46.1 Å². The summed E-state index contributed by atoms with van der Waals surface area (Å²) < 4.78 is 1.98. The van der Waals surface area contributed by atoms with Gasteiger partial charge in [0.15, 0.2) is 5.96 Å². The minimum absolute atomic E-state index is 0.775. The summed E-state index contributed by atoms with van der Waals surface area (Å²) >= 11 is 0. The molecule has 0 aliphatic carbocycles. The van der Waals surface area contributed by atoms with Crippen molar-refractivity contribution in [1.29, 1.82) is 0 Å². The molecular formula is C19H34N6. The average molecular weight is 347 g/mol. The molecule has 1 N–H and O–H groups in total. The number of hydrogen-bond donors (Lipinski definition) is 1. The van der Waals surface area contributed by atoms with Crippen molar-refractivity contribution >= 4 is 5.96 Å². The SMILES string of the molecule is CCNC(=NCCn1cc(C)cn1)N1CCC(CN2CCCCC2)C1. The molecule has 0 bridgehead atoms. The van der Waals surface area contributed by atoms with E-state index < -0.39 is 0 Å². The molecule has 1 aromatic heterocycles. The number of piperidine rings is 1. The molecule has 6 heteroatoms. The van der Waals surface area contributed by atoms with Crippen molar-refractivity contribution in [3.8, 4) is 0 Å². The van der Waals surface area contributed by atoms with E-state index in [9.17, 15) is 0 Å². The van der Waals surface area contributed by atoms with E-state index in [0.29, 0.717) is 0 Å². The van der Waals surface area contributed by atoms with Crippen LogP contribution in [0.3, 0.4) is 0 Å². The molecule has 2 fully saturated rings. The van der Waals surface area contributed by atoms with Gasteiger partial charge in [-0.2, -0.15) is 5.10 Å². The number of guanidine groups is 1. The Morgan fingerprint density at radius 3 is 2.84 bits per heavy atom. The first-order chi connectivity index (χ1) is 12.2. The normalized spacial score (nSPS) is 22.6. The van der Waals surface area contributed by atoms with Gasteiger partial charge in [-0.3, -0.25) is 9.67 Å². The predicted molar refractivity (Wildman–Crippen MR) is 103 cm³/mol. The molecule has 0 spiro atoms. The van der Waals surface area contributed by atoms with Crippen LogP contribution in [0, 0.1) is 12.8 Å². The zero-order valence-electron chi connectivity index (χ0n) is 16.0. The molecule has 6 nitrogen and oxygen atoms in total. The van der Waals surface area contributed by atoms with Gasteiger partial charge < -0.3 is 15.1 Å². The molecular weight excluding hydrogens is 312 g/mol. The van der Waals surface area contributed by atoms with Crippen LogP contribution in [-0.4, -0.2) is 71.4 Å². The number of aromatic nitrogens is 2. The number of nitrogens with one attached hydrogen (secondary N) is 1. The van der Waals surface area contributed by atoms with Gasteiger partial charge in [0.2, 0.25) is 0 Å². The Bertz CT molecular complexity index is 546. The summed E-state index contributed by atoms with van der Waals surface area (Å²) in [6.45, 7) is 12.9. The van der Waals surface area contributed by atoms with Crippen molar-refractivity contribution in [3.05, 3.63) is 18.0 Å². The lowest BCUT2D eigenvalue weighted by Gasteiger charge is -2.29. The van der Waals surface area contributed by atoms with E-state index in [1.165, 1.54) is 50.9 Å². The lowest BCUT2D eigenvalue weighted by Crippen LogP contribution is -2.41. The van der Waals surface area contributed by atoms with Gasteiger partial charge in [-0.15, -0.1) is 0 Å². The Hall–Kier alpha value is -1.56. The molecule has 2 saturated heterocycles. The summed E-state index contributed by atoms with van der Waals surface area (Å²) in [6, 6.07) is 0. The molecule has 3 heterocycles. The Balaban J connectivity index is 1.48. The number of aliphatic imine (C=N–C) groups is 1. The molecule has 0 amide bonds. The third-order valence-corrected chi connectivity index (χ3v) is 5.24. The standard InChI is InChI=1S/C19H34N6/c1-3-20-19(21-8-12-25-14-17(2)13-22-25)24-11-7-18(16-24)15-23-9-5-4-6-10-23/h13-14,18H,3-12,15-16H2,1-2H3,(H,20,21). The molecule has 140 valence electrons. The first-order valence-corrected chi connectivity index (χ1v) is 9.99. The van der Waals surface area contributed by atoms with Crippen molar-refractivity contribution in [2.75, 3.05) is 45.8 Å². The van der Waals surface area contributed by atoms with Gasteiger partial charge in [0, 0.05) is 32.4 Å². The molecule has 1 atom stereocenters. The molecule has 0 aromatic carbocycles. The molecule has 25 heavy (non-hydrogen) atoms. The molecule has 0 radical (unpaired) electrons. The predicted octanol–water partition coefficient (Wildman–Crippen LogP) is 1.96. The van der Waals surface area contributed by atoms with Gasteiger partial charge in [-0.05, 0) is 57.7 Å². The highest BCUT2D eigenvalue weighted by molar-refractivity contribution is 5.80. The van der Waals surface area contributed by atoms with Crippen LogP contribution in [0.15, 0.2) is 17.4 Å². The molecule has 2 aliphatic rings. The number of hydrogen-bond acceptors (Lipinski definition) is 3. The van der Waals surface area contributed by atoms with E-state index in [1.54, 1.807) is 0 Å². The van der Waals surface area contributed by atoms with Crippen LogP contribution in [0.25, 0.3) is 0 Å². The van der Waals surface area contributed by atoms with Crippen molar-refractivity contribution in [3.63, 3.8) is 0 Å². The van der Waals surface area contributed by atoms with Crippen LogP contribution in [0.2, 0.25) is 0 Å². The highest BCUT2D eigenvalue weighted by atomic mass is 15.3. The number of likely N-dealkylation sites (tertiary alicyclic amines) is 2. The van der Waals surface area contributed by atoms with Crippen molar-refractivity contribution in [2.24, 2.45) is 10.9 Å². The van der Waals surface area contributed by atoms with E-state index in [-0.39, 0.29) is 0 Å². The lowest BCUT2D eigenvalue weighted by molar-refractivity contribution is 0.198. The van der Waals surface area contributed by atoms with Crippen LogP contribution in [0.4, 0.5) is 0 Å². The summed E-state index contributed by atoms with van der Waals surface area (Å²) in [5.74, 6) is 1.86. The van der Waals surface area contributed by atoms with E-state index in [4.69, 9.17) is 4.99 Å². The summed E-state index contributed by atoms with van der Waals surface area (Å²) in [5.41, 5.74) is 1.20. The van der Waals surface area contributed by atoms with E-state index in [0.717, 1.165) is 44.6 Å². The van der Waals surface area contributed by atoms with Crippen LogP contribution in [-0.2, 0) is 6.54 Å². The summed E-state index contributed by atoms with van der Waals surface area (Å²) in [7, 11) is 0. The van der Waals surface area contributed by atoms with Gasteiger partial charge >= 0.3 is 0 Å². The second-order valence-electron chi connectivity index (χ2n) is 7.48. The maximum Gasteiger partial charge on any atom is 0.193 e. The van der Waals surface area contributed by atoms with Crippen molar-refractivity contribution in [1.82, 2.24) is 24.9 Å². The second-order valence-corrected chi connectivity index (χ2v) is 7.48. The van der Waals surface area contributed by atoms with E-state index >= 15 is 0 Å². The minimum atomic E-state index is 0.775. The van der Waals surface area contributed by atoms with Gasteiger partial charge in [0.1, 0.15) is 0 Å². The number of rotatable bonds is 6. The molecule has 3 rings (SSSR count). The summed E-state index contributed by atoms with van der Waals surface area (Å²) in [5, 5.41) is 7.81.